The van der Waals surface area contributed by atoms with E-state index in [1.807, 2.05) is 42.5 Å². The predicted octanol–water partition coefficient (Wildman–Crippen LogP) is 7.02. The van der Waals surface area contributed by atoms with E-state index in [2.05, 4.69) is 13.0 Å². The number of fused-ring (bicyclic) bond motifs is 1. The van der Waals surface area contributed by atoms with Crippen LogP contribution in [0.5, 0.6) is 0 Å². The van der Waals surface area contributed by atoms with E-state index in [1.165, 1.54) is 5.56 Å². The molecule has 0 bridgehead atoms. The number of esters is 2. The highest BCUT2D eigenvalue weighted by atomic mass is 16.6. The van der Waals surface area contributed by atoms with Gasteiger partial charge in [0.05, 0.1) is 17.7 Å². The van der Waals surface area contributed by atoms with Gasteiger partial charge in [-0.2, -0.15) is 0 Å². The van der Waals surface area contributed by atoms with Crippen LogP contribution in [0, 0.1) is 0 Å². The van der Waals surface area contributed by atoms with Crippen molar-refractivity contribution in [2.75, 3.05) is 19.8 Å². The zero-order chi connectivity index (χ0) is 34.4. The first-order chi connectivity index (χ1) is 23.0. The van der Waals surface area contributed by atoms with Crippen LogP contribution in [0.25, 0.3) is 5.57 Å². The number of hydrogen-bond acceptors (Lipinski definition) is 7. The van der Waals surface area contributed by atoms with Crippen LogP contribution in [0.3, 0.4) is 0 Å². The number of unbranched alkanes of at least 4 members (excludes halogenated alkanes) is 1. The summed E-state index contributed by atoms with van der Waals surface area (Å²) in [5, 5.41) is 14.3. The topological polar surface area (TPSA) is 109 Å². The van der Waals surface area contributed by atoms with E-state index >= 15 is 0 Å². The van der Waals surface area contributed by atoms with Crippen molar-refractivity contribution < 1.29 is 33.7 Å². The van der Waals surface area contributed by atoms with Crippen LogP contribution in [0.1, 0.15) is 96.9 Å². The van der Waals surface area contributed by atoms with Crippen LogP contribution in [0.2, 0.25) is 0 Å². The fourth-order valence-corrected chi connectivity index (χ4v) is 6.20. The van der Waals surface area contributed by atoms with E-state index in [0.29, 0.717) is 49.1 Å². The first-order valence-corrected chi connectivity index (χ1v) is 16.9. The lowest BCUT2D eigenvalue weighted by atomic mass is 9.89. The first-order valence-electron chi connectivity index (χ1n) is 16.9. The molecule has 2 aliphatic rings. The Morgan fingerprint density at radius 1 is 0.979 bits per heavy atom. The normalized spacial score (nSPS) is 16.0. The molecule has 0 aromatic heterocycles. The Morgan fingerprint density at radius 3 is 2.38 bits per heavy atom. The number of carbonyl (C=O) groups is 3. The molecule has 1 N–H and O–H groups in total. The number of nitrogens with zero attached hydrogens (tertiary/aromatic N) is 3. The Hall–Kier alpha value is -4.63. The highest BCUT2D eigenvalue weighted by molar-refractivity contribution is 6.05. The number of ether oxygens (including phenoxy) is 2. The maximum atomic E-state index is 14.6. The molecule has 0 fully saturated rings. The maximum absolute atomic E-state index is 14.6. The van der Waals surface area contributed by atoms with Crippen molar-refractivity contribution in [3.05, 3.63) is 106 Å². The van der Waals surface area contributed by atoms with Crippen LogP contribution in [-0.4, -0.2) is 64.0 Å². The maximum Gasteiger partial charge on any atom is 0.342 e. The van der Waals surface area contributed by atoms with Gasteiger partial charge in [-0.15, -0.1) is 0 Å². The van der Waals surface area contributed by atoms with E-state index < -0.39 is 23.6 Å². The highest BCUT2D eigenvalue weighted by Crippen LogP contribution is 2.40. The third kappa shape index (κ3) is 7.73. The summed E-state index contributed by atoms with van der Waals surface area (Å²) in [6.07, 6.45) is 3.57. The summed E-state index contributed by atoms with van der Waals surface area (Å²) in [6, 6.07) is 19.8. The number of azo groups is 2. The number of allylic oxidation sites excluding steroid dienone is 1. The summed E-state index contributed by atoms with van der Waals surface area (Å²) < 4.78 is 13.0. The quantitative estimate of drug-likeness (QED) is 0.176. The van der Waals surface area contributed by atoms with Crippen LogP contribution in [0.4, 0.5) is 5.69 Å². The van der Waals surface area contributed by atoms with Crippen molar-refractivity contribution in [3.63, 3.8) is 0 Å². The zero-order valence-electron chi connectivity index (χ0n) is 28.6. The summed E-state index contributed by atoms with van der Waals surface area (Å²) in [5.41, 5.74) is 5.82. The van der Waals surface area contributed by atoms with Crippen LogP contribution >= 0.6 is 0 Å². The number of aliphatic hydroxyl groups excluding tert-OH is 1. The van der Waals surface area contributed by atoms with Crippen molar-refractivity contribution in [3.8, 4) is 0 Å². The Labute approximate surface area is 282 Å². The number of amides is 1. The van der Waals surface area contributed by atoms with Gasteiger partial charge < -0.3 is 19.5 Å². The van der Waals surface area contributed by atoms with E-state index in [9.17, 15) is 19.5 Å². The van der Waals surface area contributed by atoms with Gasteiger partial charge in [0.1, 0.15) is 5.60 Å². The molecule has 1 unspecified atom stereocenters. The number of benzene rings is 3. The third-order valence-corrected chi connectivity index (χ3v) is 8.52. The Kier molecular flexibility index (Phi) is 10.9. The summed E-state index contributed by atoms with van der Waals surface area (Å²) in [6.45, 7) is 10.4. The molecule has 252 valence electrons. The average Bonchev–Trinajstić information content (AvgIpc) is 3.45. The fourth-order valence-electron chi connectivity index (χ4n) is 6.20. The number of rotatable bonds is 11. The van der Waals surface area contributed by atoms with Gasteiger partial charge in [0.15, 0.2) is 0 Å². The van der Waals surface area contributed by atoms with Crippen molar-refractivity contribution in [2.45, 2.75) is 84.9 Å². The molecule has 0 saturated heterocycles. The highest BCUT2D eigenvalue weighted by Gasteiger charge is 2.44. The van der Waals surface area contributed by atoms with Gasteiger partial charge in [-0.1, -0.05) is 60.5 Å². The second-order valence-electron chi connectivity index (χ2n) is 13.2. The molecule has 48 heavy (non-hydrogen) atoms. The van der Waals surface area contributed by atoms with Crippen LogP contribution in [-0.2, 0) is 33.7 Å². The molecular formula is C39H46N3O6+. The number of aliphatic hydroxyl groups is 1. The fraction of sp³-hybridized carbons (Fsp3) is 0.410. The lowest BCUT2D eigenvalue weighted by Crippen LogP contribution is -2.37. The number of carbonyl (C=O) groups excluding carboxylic acids is 3. The Bertz CT molecular complexity index is 1740. The molecule has 3 aromatic carbocycles. The molecular weight excluding hydrogens is 606 g/mol. The summed E-state index contributed by atoms with van der Waals surface area (Å²) in [5.74, 6) is -1.28. The van der Waals surface area contributed by atoms with E-state index in [4.69, 9.17) is 14.6 Å². The molecule has 0 spiro atoms. The third-order valence-electron chi connectivity index (χ3n) is 8.52. The standard InChI is InChI=1S/C39H46N3O6/c1-6-8-13-33-34(35(38(46)47-7-2)40-42(33)30-17-14-26(15-18-30)21-23-43)31-19-16-28(37(45)48-39(3,4)5)24-32(31)36(44)41-22-20-27-11-9-10-12-29(27)25-41/h9-12,14-19,24,35,43H,6-8,13,20-23,25H2,1-5H3/q+1. The zero-order valence-corrected chi connectivity index (χ0v) is 28.6. The molecule has 3 aromatic rings. The molecule has 9 nitrogen and oxygen atoms in total. The van der Waals surface area contributed by atoms with Gasteiger partial charge in [-0.05, 0) is 86.5 Å². The molecule has 2 aliphatic heterocycles. The van der Waals surface area contributed by atoms with Gasteiger partial charge in [0.2, 0.25) is 17.4 Å². The van der Waals surface area contributed by atoms with Crippen molar-refractivity contribution in [2.24, 2.45) is 5.11 Å². The Balaban J connectivity index is 1.68. The van der Waals surface area contributed by atoms with Gasteiger partial charge in [0.25, 0.3) is 5.91 Å². The van der Waals surface area contributed by atoms with Crippen molar-refractivity contribution >= 4 is 29.1 Å². The van der Waals surface area contributed by atoms with E-state index in [1.54, 1.807) is 55.5 Å². The molecule has 9 heteroatoms. The lowest BCUT2D eigenvalue weighted by Gasteiger charge is -2.30. The summed E-state index contributed by atoms with van der Waals surface area (Å²) >= 11 is 0. The Morgan fingerprint density at radius 2 is 1.71 bits per heavy atom. The second kappa shape index (κ2) is 15.1. The first kappa shape index (κ1) is 34.7. The SMILES string of the molecule is CCCCC1=C(c2ccc(C(=O)OC(C)(C)C)cc2C(=O)N2CCc3ccccc3C2)C(C(=O)OCC)N=[N+]1c1ccc(CCO)cc1. The monoisotopic (exact) mass is 652 g/mol. The van der Waals surface area contributed by atoms with E-state index in [-0.39, 0.29) is 24.7 Å². The van der Waals surface area contributed by atoms with Gasteiger partial charge in [-0.3, -0.25) is 4.79 Å². The lowest BCUT2D eigenvalue weighted by molar-refractivity contribution is -0.458. The second-order valence-corrected chi connectivity index (χ2v) is 13.2. The smallest absolute Gasteiger partial charge is 0.342 e. The summed E-state index contributed by atoms with van der Waals surface area (Å²) in [7, 11) is 0. The minimum Gasteiger partial charge on any atom is -0.464 e. The van der Waals surface area contributed by atoms with Crippen LogP contribution < -0.4 is 0 Å². The molecule has 0 saturated carbocycles. The van der Waals surface area contributed by atoms with Crippen molar-refractivity contribution in [1.29, 1.82) is 0 Å². The van der Waals surface area contributed by atoms with Gasteiger partial charge >= 0.3 is 11.9 Å². The molecule has 2 heterocycles. The minimum atomic E-state index is -1.02. The average molecular weight is 653 g/mol. The largest absolute Gasteiger partial charge is 0.464 e. The number of hydrogen-bond donors (Lipinski definition) is 1. The summed E-state index contributed by atoms with van der Waals surface area (Å²) in [4.78, 5) is 43.3. The van der Waals surface area contributed by atoms with Gasteiger partial charge in [0, 0.05) is 43.8 Å². The molecule has 1 atom stereocenters. The van der Waals surface area contributed by atoms with Gasteiger partial charge in [-0.25, -0.2) is 9.59 Å². The molecule has 5 rings (SSSR count). The van der Waals surface area contributed by atoms with Crippen molar-refractivity contribution in [1.82, 2.24) is 4.90 Å². The predicted molar refractivity (Wildman–Crippen MR) is 183 cm³/mol. The molecule has 1 amide bonds. The minimum absolute atomic E-state index is 0.0445. The molecule has 0 aliphatic carbocycles. The van der Waals surface area contributed by atoms with E-state index in [0.717, 1.165) is 35.4 Å². The molecule has 0 radical (unpaired) electrons. The van der Waals surface area contributed by atoms with Crippen LogP contribution in [0.15, 0.2) is 77.5 Å².